The number of piperidine rings is 1. The molecule has 0 aliphatic carbocycles. The molecule has 1 spiro atoms. The average molecular weight is 871 g/mol. The number of fused-ring (bicyclic) bond motifs is 1. The highest BCUT2D eigenvalue weighted by molar-refractivity contribution is 7.99. The maximum Gasteiger partial charge on any atom is 0.162 e. The van der Waals surface area contributed by atoms with Gasteiger partial charge in [0.25, 0.3) is 0 Å². The second-order valence-corrected chi connectivity index (χ2v) is 17.4. The number of nitrogens with one attached hydrogen (secondary N) is 2. The number of halogens is 1. The number of nitrogens with zero attached hydrogens (tertiary/aromatic N) is 6. The quantitative estimate of drug-likeness (QED) is 0.0847. The van der Waals surface area contributed by atoms with Crippen LogP contribution in [0.2, 0.25) is 5.02 Å². The number of hydrogen-bond acceptors (Lipinski definition) is 16. The van der Waals surface area contributed by atoms with Crippen molar-refractivity contribution in [2.75, 3.05) is 62.6 Å². The molecule has 4 aromatic heterocycles. The highest BCUT2D eigenvalue weighted by atomic mass is 35.5. The lowest BCUT2D eigenvalue weighted by Crippen LogP contribution is -2.50. The summed E-state index contributed by atoms with van der Waals surface area (Å²) in [4.78, 5) is 26.5. The molecule has 6 aromatic rings. The molecule has 2 aliphatic rings. The normalized spacial score (nSPS) is 17.6. The van der Waals surface area contributed by atoms with E-state index in [1.807, 2.05) is 26.1 Å². The topological polar surface area (TPSA) is 197 Å². The fourth-order valence-corrected chi connectivity index (χ4v) is 9.65. The predicted molar refractivity (Wildman–Crippen MR) is 243 cm³/mol. The van der Waals surface area contributed by atoms with Crippen molar-refractivity contribution >= 4 is 68.9 Å². The maximum atomic E-state index is 6.39. The molecule has 0 saturated carbocycles. The van der Waals surface area contributed by atoms with Gasteiger partial charge in [0, 0.05) is 58.5 Å². The number of methoxy groups -OCH3 is 2. The van der Waals surface area contributed by atoms with Gasteiger partial charge in [-0.05, 0) is 80.9 Å². The van der Waals surface area contributed by atoms with E-state index in [0.717, 1.165) is 66.5 Å². The molecule has 17 heteroatoms. The summed E-state index contributed by atoms with van der Waals surface area (Å²) >= 11 is 9.28. The van der Waals surface area contributed by atoms with Crippen LogP contribution in [0.15, 0.2) is 76.2 Å². The third-order valence-electron chi connectivity index (χ3n) is 11.2. The molecule has 2 saturated heterocycles. The lowest BCUT2D eigenvalue weighted by atomic mass is 9.73. The first kappa shape index (κ1) is 43.1. The largest absolute Gasteiger partial charge is 0.493 e. The van der Waals surface area contributed by atoms with Gasteiger partial charge in [-0.25, -0.2) is 24.9 Å². The minimum atomic E-state index is 0.0721. The third kappa shape index (κ3) is 9.18. The van der Waals surface area contributed by atoms with Gasteiger partial charge in [0.1, 0.15) is 28.3 Å². The first-order chi connectivity index (χ1) is 28.9. The van der Waals surface area contributed by atoms with Crippen molar-refractivity contribution in [3.05, 3.63) is 87.6 Å². The number of rotatable bonds is 11. The number of thiophene rings is 1. The van der Waals surface area contributed by atoms with Crippen molar-refractivity contribution in [1.29, 1.82) is 0 Å². The van der Waals surface area contributed by atoms with Crippen LogP contribution < -0.4 is 42.2 Å². The van der Waals surface area contributed by atoms with Crippen LogP contribution in [-0.4, -0.2) is 78.0 Å². The molecular weight excluding hydrogens is 818 g/mol. The van der Waals surface area contributed by atoms with Crippen molar-refractivity contribution in [3.63, 3.8) is 0 Å². The predicted octanol–water partition coefficient (Wildman–Crippen LogP) is 7.75. The summed E-state index contributed by atoms with van der Waals surface area (Å²) in [5.74, 6) is 4.21. The second kappa shape index (κ2) is 18.7. The van der Waals surface area contributed by atoms with Gasteiger partial charge in [-0.3, -0.25) is 0 Å². The number of nitrogens with two attached hydrogens (primary N) is 3. The Morgan fingerprint density at radius 2 is 1.78 bits per heavy atom. The van der Waals surface area contributed by atoms with Crippen LogP contribution in [0.5, 0.6) is 11.5 Å². The molecule has 316 valence electrons. The van der Waals surface area contributed by atoms with Crippen LogP contribution in [0.1, 0.15) is 49.0 Å². The summed E-state index contributed by atoms with van der Waals surface area (Å²) < 4.78 is 16.7. The van der Waals surface area contributed by atoms with Crippen LogP contribution in [0.25, 0.3) is 22.0 Å². The molecule has 8 N–H and O–H groups in total. The zero-order valence-corrected chi connectivity index (χ0v) is 37.0. The van der Waals surface area contributed by atoms with E-state index in [1.54, 1.807) is 44.0 Å². The molecular formula is C43H52ClN11O3S2. The molecule has 60 heavy (non-hydrogen) atoms. The number of aryl methyl sites for hydroxylation is 1. The number of anilines is 4. The Labute approximate surface area is 364 Å². The molecule has 6 heterocycles. The number of ether oxygens (including phenoxy) is 3. The number of benzene rings is 2. The SMILES string of the molecule is CC1OCC2(CCN(c3cnc(Sc4ccnc(N)c4Cl)c(N)n3)CC2)C1N.CNCc1ccccc1-c1csc(C(C)Nc2nc(C)nc3cc(OC)c(OC)cc23)c1. The van der Waals surface area contributed by atoms with Crippen molar-refractivity contribution in [2.45, 2.75) is 68.3 Å². The summed E-state index contributed by atoms with van der Waals surface area (Å²) in [6.07, 6.45) is 5.42. The highest BCUT2D eigenvalue weighted by Crippen LogP contribution is 2.43. The Morgan fingerprint density at radius 3 is 2.48 bits per heavy atom. The van der Waals surface area contributed by atoms with E-state index in [0.29, 0.717) is 33.2 Å². The zero-order chi connectivity index (χ0) is 42.6. The fourth-order valence-electron chi connectivity index (χ4n) is 7.72. The van der Waals surface area contributed by atoms with Gasteiger partial charge in [-0.2, -0.15) is 0 Å². The molecule has 0 radical (unpaired) electrons. The van der Waals surface area contributed by atoms with Crippen molar-refractivity contribution < 1.29 is 14.2 Å². The summed E-state index contributed by atoms with van der Waals surface area (Å²) in [6.45, 7) is 9.40. The average Bonchev–Trinajstić information content (AvgIpc) is 3.85. The fraction of sp³-hybridized carbons (Fsp3) is 0.372. The molecule has 0 bridgehead atoms. The molecule has 3 atom stereocenters. The van der Waals surface area contributed by atoms with Crippen molar-refractivity contribution in [3.8, 4) is 22.6 Å². The Morgan fingerprint density at radius 1 is 1.03 bits per heavy atom. The summed E-state index contributed by atoms with van der Waals surface area (Å²) in [7, 11) is 5.23. The molecule has 2 aromatic carbocycles. The number of pyridine rings is 1. The first-order valence-corrected chi connectivity index (χ1v) is 21.8. The van der Waals surface area contributed by atoms with E-state index in [9.17, 15) is 0 Å². The Hall–Kier alpha value is -4.97. The van der Waals surface area contributed by atoms with E-state index in [2.05, 4.69) is 90.0 Å². The van der Waals surface area contributed by atoms with E-state index in [-0.39, 0.29) is 29.4 Å². The minimum absolute atomic E-state index is 0.0721. The molecule has 2 aliphatic heterocycles. The monoisotopic (exact) mass is 869 g/mol. The Bertz CT molecular complexity index is 2450. The van der Waals surface area contributed by atoms with Gasteiger partial charge >= 0.3 is 0 Å². The molecule has 8 rings (SSSR count). The molecule has 2 fully saturated rings. The van der Waals surface area contributed by atoms with Crippen LogP contribution in [0.3, 0.4) is 0 Å². The van der Waals surface area contributed by atoms with E-state index in [4.69, 9.17) is 43.0 Å². The van der Waals surface area contributed by atoms with Gasteiger partial charge in [0.15, 0.2) is 17.3 Å². The smallest absolute Gasteiger partial charge is 0.162 e. The van der Waals surface area contributed by atoms with Gasteiger partial charge < -0.3 is 46.9 Å². The van der Waals surface area contributed by atoms with Gasteiger partial charge in [-0.15, -0.1) is 11.3 Å². The van der Waals surface area contributed by atoms with Crippen LogP contribution in [-0.2, 0) is 11.3 Å². The maximum absolute atomic E-state index is 6.39. The van der Waals surface area contributed by atoms with E-state index in [1.165, 1.54) is 33.3 Å². The lowest BCUT2D eigenvalue weighted by Gasteiger charge is -2.41. The Kier molecular flexibility index (Phi) is 13.5. The number of aromatic nitrogens is 5. The van der Waals surface area contributed by atoms with Crippen LogP contribution in [0, 0.1) is 12.3 Å². The van der Waals surface area contributed by atoms with E-state index >= 15 is 0 Å². The summed E-state index contributed by atoms with van der Waals surface area (Å²) in [5, 5.41) is 10.9. The molecule has 14 nitrogen and oxygen atoms in total. The summed E-state index contributed by atoms with van der Waals surface area (Å²) in [6, 6.07) is 16.5. The third-order valence-corrected chi connectivity index (χ3v) is 13.9. The van der Waals surface area contributed by atoms with Crippen molar-refractivity contribution in [1.82, 2.24) is 30.2 Å². The molecule has 3 unspecified atom stereocenters. The molecule has 0 amide bonds. The number of hydrogen-bond donors (Lipinski definition) is 5. The first-order valence-electron chi connectivity index (χ1n) is 19.7. The van der Waals surface area contributed by atoms with Crippen LogP contribution >= 0.6 is 34.7 Å². The van der Waals surface area contributed by atoms with Gasteiger partial charge in [-0.1, -0.05) is 47.6 Å². The van der Waals surface area contributed by atoms with Crippen molar-refractivity contribution in [2.24, 2.45) is 11.1 Å². The second-order valence-electron chi connectivity index (χ2n) is 15.1. The Balaban J connectivity index is 0.000000183. The van der Waals surface area contributed by atoms with Gasteiger partial charge in [0.05, 0.1) is 49.7 Å². The number of nitrogen functional groups attached to an aromatic ring is 2. The lowest BCUT2D eigenvalue weighted by molar-refractivity contribution is 0.0974. The van der Waals surface area contributed by atoms with Gasteiger partial charge in [0.2, 0.25) is 0 Å². The minimum Gasteiger partial charge on any atom is -0.493 e. The standard InChI is InChI=1S/C25H28N4O2S.C18H24ClN7OS/c1-15(24-10-18(14-32-24)19-9-7-6-8-17(19)13-26-3)27-25-20-11-22(30-4)23(31-5)12-21(20)28-16(2)29-25;1-10-14(20)18(9-27-10)3-6-26(7-4-18)12-8-24-17(16(22)25-12)28-11-2-5-23-15(21)13(11)19/h6-12,14-15,26H,13H2,1-5H3,(H,27,28,29);2,5,8,10,14H,3-4,6-7,9,20H2,1H3,(H2,21,23)(H2,22,25). The van der Waals surface area contributed by atoms with E-state index < -0.39 is 0 Å². The highest BCUT2D eigenvalue weighted by Gasteiger charge is 2.47. The van der Waals surface area contributed by atoms with Crippen LogP contribution in [0.4, 0.5) is 23.3 Å². The summed E-state index contributed by atoms with van der Waals surface area (Å²) in [5.41, 5.74) is 23.0. The zero-order valence-electron chi connectivity index (χ0n) is 34.7.